The van der Waals surface area contributed by atoms with Gasteiger partial charge in [0.1, 0.15) is 18.2 Å². The molecule has 0 atom stereocenters. The number of methoxy groups -OCH3 is 1. The summed E-state index contributed by atoms with van der Waals surface area (Å²) >= 11 is 0. The summed E-state index contributed by atoms with van der Waals surface area (Å²) in [4.78, 5) is 30.4. The average molecular weight is 538 g/mol. The van der Waals surface area contributed by atoms with Crippen molar-refractivity contribution in [2.75, 3.05) is 38.7 Å². The summed E-state index contributed by atoms with van der Waals surface area (Å²) in [7, 11) is 1.66. The first-order valence-corrected chi connectivity index (χ1v) is 13.1. The number of rotatable bonds is 13. The van der Waals surface area contributed by atoms with Crippen LogP contribution < -0.4 is 26.2 Å². The largest absolute Gasteiger partial charge is 0.492 e. The number of hydrogen-bond donors (Lipinski definition) is 3. The first-order valence-electron chi connectivity index (χ1n) is 13.1. The molecular weight excluding hydrogens is 501 g/mol. The first kappa shape index (κ1) is 28.3. The van der Waals surface area contributed by atoms with E-state index in [0.717, 1.165) is 24.9 Å². The summed E-state index contributed by atoms with van der Waals surface area (Å²) in [5, 5.41) is 9.36. The third-order valence-electron chi connectivity index (χ3n) is 6.60. The van der Waals surface area contributed by atoms with Gasteiger partial charge in [-0.25, -0.2) is 9.37 Å². The van der Waals surface area contributed by atoms with E-state index < -0.39 is 16.9 Å². The Kier molecular flexibility index (Phi) is 8.98. The minimum absolute atomic E-state index is 0.0891. The van der Waals surface area contributed by atoms with Gasteiger partial charge in [-0.05, 0) is 51.8 Å². The number of hydrogen-bond acceptors (Lipinski definition) is 7. The highest BCUT2D eigenvalue weighted by Crippen LogP contribution is 2.32. The summed E-state index contributed by atoms with van der Waals surface area (Å²) in [5.74, 6) is -0.141. The molecule has 0 radical (unpaired) electrons. The van der Waals surface area contributed by atoms with Crippen LogP contribution in [-0.4, -0.2) is 54.9 Å². The van der Waals surface area contributed by atoms with Crippen LogP contribution in [0, 0.1) is 12.7 Å². The maximum Gasteiger partial charge on any atom is 0.297 e. The van der Waals surface area contributed by atoms with Gasteiger partial charge in [0.05, 0.1) is 17.8 Å². The fraction of sp³-hybridized carbons (Fsp3) is 0.414. The molecule has 1 heterocycles. The highest BCUT2D eigenvalue weighted by molar-refractivity contribution is 5.95. The van der Waals surface area contributed by atoms with Crippen molar-refractivity contribution >= 4 is 11.7 Å². The summed E-state index contributed by atoms with van der Waals surface area (Å²) in [6.07, 6.45) is 4.78. The zero-order chi connectivity index (χ0) is 28.0. The third-order valence-corrected chi connectivity index (χ3v) is 6.60. The highest BCUT2D eigenvalue weighted by atomic mass is 19.1. The van der Waals surface area contributed by atoms with Crippen LogP contribution in [0.15, 0.2) is 53.6 Å². The van der Waals surface area contributed by atoms with E-state index in [1.54, 1.807) is 14.0 Å². The molecule has 0 saturated heterocycles. The Hall–Kier alpha value is -3.76. The molecule has 0 unspecified atom stereocenters. The van der Waals surface area contributed by atoms with Gasteiger partial charge in [-0.3, -0.25) is 14.2 Å². The number of amides is 1. The zero-order valence-corrected chi connectivity index (χ0v) is 22.8. The van der Waals surface area contributed by atoms with Crippen molar-refractivity contribution in [3.63, 3.8) is 0 Å². The molecule has 1 aliphatic rings. The summed E-state index contributed by atoms with van der Waals surface area (Å²) in [5.41, 5.74) is 0.357. The van der Waals surface area contributed by atoms with Gasteiger partial charge in [0.15, 0.2) is 5.82 Å². The van der Waals surface area contributed by atoms with Crippen LogP contribution in [-0.2, 0) is 10.3 Å². The van der Waals surface area contributed by atoms with Gasteiger partial charge in [0, 0.05) is 55.3 Å². The van der Waals surface area contributed by atoms with E-state index in [0.29, 0.717) is 25.5 Å². The lowest BCUT2D eigenvalue weighted by Gasteiger charge is -2.29. The number of anilines is 1. The third kappa shape index (κ3) is 7.01. The molecule has 1 aliphatic carbocycles. The zero-order valence-electron chi connectivity index (χ0n) is 22.8. The van der Waals surface area contributed by atoms with Crippen LogP contribution >= 0.6 is 0 Å². The van der Waals surface area contributed by atoms with Crippen LogP contribution in [0.25, 0.3) is 5.69 Å². The number of para-hydroxylation sites is 1. The predicted octanol–water partition coefficient (Wildman–Crippen LogP) is 3.53. The SMILES string of the molecule is COCCNCCOc1ccccc1C(C)(C)Nc1nccn(-c2cc(C(=O)NC3CC3)cc(F)c2C)c1=O. The van der Waals surface area contributed by atoms with Gasteiger partial charge < -0.3 is 25.4 Å². The molecule has 1 saturated carbocycles. The number of nitrogens with one attached hydrogen (secondary N) is 3. The number of carbonyl (C=O) groups is 1. The Bertz CT molecular complexity index is 1370. The molecular formula is C29H36FN5O4. The van der Waals surface area contributed by atoms with E-state index >= 15 is 0 Å². The van der Waals surface area contributed by atoms with E-state index in [2.05, 4.69) is 20.9 Å². The number of carbonyl (C=O) groups excluding carboxylic acids is 1. The van der Waals surface area contributed by atoms with E-state index in [4.69, 9.17) is 9.47 Å². The molecule has 4 rings (SSSR count). The molecule has 0 spiro atoms. The predicted molar refractivity (Wildman–Crippen MR) is 148 cm³/mol. The van der Waals surface area contributed by atoms with Crippen molar-refractivity contribution in [1.82, 2.24) is 20.2 Å². The minimum Gasteiger partial charge on any atom is -0.492 e. The lowest BCUT2D eigenvalue weighted by molar-refractivity contribution is 0.0950. The molecule has 1 aromatic heterocycles. The second-order valence-corrected chi connectivity index (χ2v) is 10.1. The number of ether oxygens (including phenoxy) is 2. The number of nitrogens with zero attached hydrogens (tertiary/aromatic N) is 2. The molecule has 2 aromatic carbocycles. The van der Waals surface area contributed by atoms with Gasteiger partial charge in [-0.15, -0.1) is 0 Å². The van der Waals surface area contributed by atoms with Gasteiger partial charge in [0.2, 0.25) is 0 Å². The molecule has 1 amide bonds. The minimum atomic E-state index is -0.738. The maximum atomic E-state index is 14.8. The van der Waals surface area contributed by atoms with E-state index in [1.165, 1.54) is 29.1 Å². The molecule has 9 nitrogen and oxygen atoms in total. The Labute approximate surface area is 227 Å². The average Bonchev–Trinajstić information content (AvgIpc) is 3.73. The summed E-state index contributed by atoms with van der Waals surface area (Å²) < 4.78 is 27.2. The van der Waals surface area contributed by atoms with Crippen molar-refractivity contribution < 1.29 is 18.7 Å². The lowest BCUT2D eigenvalue weighted by Crippen LogP contribution is -2.34. The normalized spacial score (nSPS) is 13.3. The molecule has 3 aromatic rings. The van der Waals surface area contributed by atoms with Crippen LogP contribution in [0.4, 0.5) is 10.2 Å². The fourth-order valence-electron chi connectivity index (χ4n) is 4.23. The fourth-order valence-corrected chi connectivity index (χ4v) is 4.23. The molecule has 1 fully saturated rings. The smallest absolute Gasteiger partial charge is 0.297 e. The van der Waals surface area contributed by atoms with Gasteiger partial charge in [0.25, 0.3) is 11.5 Å². The maximum absolute atomic E-state index is 14.8. The van der Waals surface area contributed by atoms with Crippen molar-refractivity contribution in [3.05, 3.63) is 81.7 Å². The highest BCUT2D eigenvalue weighted by Gasteiger charge is 2.27. The van der Waals surface area contributed by atoms with Crippen molar-refractivity contribution in [3.8, 4) is 11.4 Å². The van der Waals surface area contributed by atoms with E-state index in [1.807, 2.05) is 38.1 Å². The molecule has 0 bridgehead atoms. The standard InChI is InChI=1S/C29H36FN5O4/c1-19-23(30)17-20(27(36)33-21-9-10-21)18-24(19)35-14-11-32-26(28(35)37)34-29(2,3)22-7-5-6-8-25(22)39-16-13-31-12-15-38-4/h5-8,11,14,17-18,21,31H,9-10,12-13,15-16H2,1-4H3,(H,32,34)(H,33,36). The van der Waals surface area contributed by atoms with Gasteiger partial charge in [-0.1, -0.05) is 18.2 Å². The molecule has 208 valence electrons. The summed E-state index contributed by atoms with van der Waals surface area (Å²) in [6.45, 7) is 7.91. The molecule has 39 heavy (non-hydrogen) atoms. The topological polar surface area (TPSA) is 107 Å². The van der Waals surface area contributed by atoms with Crippen LogP contribution in [0.1, 0.15) is 48.2 Å². The Morgan fingerprint density at radius 3 is 2.67 bits per heavy atom. The van der Waals surface area contributed by atoms with Crippen molar-refractivity contribution in [1.29, 1.82) is 0 Å². The first-order chi connectivity index (χ1) is 18.7. The Balaban J connectivity index is 1.57. The van der Waals surface area contributed by atoms with Crippen molar-refractivity contribution in [2.45, 2.75) is 45.2 Å². The lowest BCUT2D eigenvalue weighted by atomic mass is 9.93. The molecule has 10 heteroatoms. The van der Waals surface area contributed by atoms with E-state index in [9.17, 15) is 14.0 Å². The Morgan fingerprint density at radius 1 is 1.18 bits per heavy atom. The molecule has 0 aliphatic heterocycles. The van der Waals surface area contributed by atoms with Crippen LogP contribution in [0.3, 0.4) is 0 Å². The van der Waals surface area contributed by atoms with Crippen LogP contribution in [0.5, 0.6) is 5.75 Å². The Morgan fingerprint density at radius 2 is 1.92 bits per heavy atom. The number of aromatic nitrogens is 2. The monoisotopic (exact) mass is 537 g/mol. The second kappa shape index (κ2) is 12.4. The number of benzene rings is 2. The molecule has 3 N–H and O–H groups in total. The second-order valence-electron chi connectivity index (χ2n) is 10.1. The van der Waals surface area contributed by atoms with Gasteiger partial charge in [-0.2, -0.15) is 0 Å². The number of halogens is 1. The quantitative estimate of drug-likeness (QED) is 0.287. The van der Waals surface area contributed by atoms with Crippen LogP contribution in [0.2, 0.25) is 0 Å². The van der Waals surface area contributed by atoms with Crippen molar-refractivity contribution in [2.24, 2.45) is 0 Å². The van der Waals surface area contributed by atoms with Gasteiger partial charge >= 0.3 is 0 Å². The summed E-state index contributed by atoms with van der Waals surface area (Å²) in [6, 6.07) is 10.5. The van der Waals surface area contributed by atoms with E-state index in [-0.39, 0.29) is 34.6 Å².